The minimum Gasteiger partial charge on any atom is -0.455 e. The molecule has 262 valence electrons. The lowest BCUT2D eigenvalue weighted by molar-refractivity contribution is 0.669. The molecule has 56 heavy (non-hydrogen) atoms. The summed E-state index contributed by atoms with van der Waals surface area (Å²) in [6, 6.07) is 69.0. The van der Waals surface area contributed by atoms with Gasteiger partial charge in [0.2, 0.25) is 0 Å². The van der Waals surface area contributed by atoms with Crippen molar-refractivity contribution in [3.8, 4) is 16.8 Å². The molecule has 0 aliphatic carbocycles. The van der Waals surface area contributed by atoms with Gasteiger partial charge in [0.05, 0.1) is 22.4 Å². The van der Waals surface area contributed by atoms with Crippen molar-refractivity contribution in [2.45, 2.75) is 0 Å². The molecule has 4 heteroatoms. The van der Waals surface area contributed by atoms with Crippen LogP contribution in [-0.4, -0.2) is 4.57 Å². The molecule has 12 aromatic rings. The number of hydrogen-bond acceptors (Lipinski definition) is 3. The molecule has 0 saturated heterocycles. The number of rotatable bonds is 5. The summed E-state index contributed by atoms with van der Waals surface area (Å²) in [6.07, 6.45) is 0. The molecule has 3 aromatic heterocycles. The van der Waals surface area contributed by atoms with E-state index in [4.69, 9.17) is 8.83 Å². The van der Waals surface area contributed by atoms with E-state index in [2.05, 4.69) is 191 Å². The predicted molar refractivity (Wildman–Crippen MR) is 233 cm³/mol. The Bertz CT molecular complexity index is 3440. The lowest BCUT2D eigenvalue weighted by Crippen LogP contribution is -2.11. The van der Waals surface area contributed by atoms with E-state index in [1.54, 1.807) is 0 Å². The SMILES string of the molecule is c1ccc(N(c2ccc(-n3c4ccccc4c4ccccc43)cc2)c2cccc3c2oc2ccccc23)c(-c2ccc3oc4c5ccccc5ccc4c3c2)c1. The van der Waals surface area contributed by atoms with Crippen LogP contribution in [0.5, 0.6) is 0 Å². The molecule has 0 unspecified atom stereocenters. The van der Waals surface area contributed by atoms with Crippen LogP contribution in [0, 0.1) is 0 Å². The Balaban J connectivity index is 1.07. The number of benzene rings is 9. The van der Waals surface area contributed by atoms with Crippen LogP contribution < -0.4 is 4.90 Å². The van der Waals surface area contributed by atoms with Gasteiger partial charge in [0, 0.05) is 54.6 Å². The molecule has 0 spiro atoms. The first-order chi connectivity index (χ1) is 27.8. The highest BCUT2D eigenvalue weighted by molar-refractivity contribution is 6.16. The zero-order valence-corrected chi connectivity index (χ0v) is 30.2. The fourth-order valence-electron chi connectivity index (χ4n) is 8.85. The summed E-state index contributed by atoms with van der Waals surface area (Å²) in [7, 11) is 0. The fraction of sp³-hybridized carbons (Fsp3) is 0. The number of nitrogens with zero attached hydrogens (tertiary/aromatic N) is 2. The predicted octanol–water partition coefficient (Wildman–Crippen LogP) is 14.9. The highest BCUT2D eigenvalue weighted by Gasteiger charge is 2.23. The molecule has 0 bridgehead atoms. The Morgan fingerprint density at radius 1 is 0.375 bits per heavy atom. The average Bonchev–Trinajstić information content (AvgIpc) is 3.94. The summed E-state index contributed by atoms with van der Waals surface area (Å²) in [5.74, 6) is 0. The maximum Gasteiger partial charge on any atom is 0.159 e. The topological polar surface area (TPSA) is 34.5 Å². The zero-order chi connectivity index (χ0) is 36.7. The second-order valence-electron chi connectivity index (χ2n) is 14.5. The molecule has 0 fully saturated rings. The van der Waals surface area contributed by atoms with Gasteiger partial charge in [-0.3, -0.25) is 0 Å². The first kappa shape index (κ1) is 30.9. The van der Waals surface area contributed by atoms with Gasteiger partial charge in [-0.15, -0.1) is 0 Å². The van der Waals surface area contributed by atoms with E-state index < -0.39 is 0 Å². The van der Waals surface area contributed by atoms with E-state index in [-0.39, 0.29) is 0 Å². The van der Waals surface area contributed by atoms with Gasteiger partial charge in [-0.1, -0.05) is 121 Å². The molecule has 9 aromatic carbocycles. The first-order valence-electron chi connectivity index (χ1n) is 19.0. The van der Waals surface area contributed by atoms with Crippen LogP contribution in [0.1, 0.15) is 0 Å². The summed E-state index contributed by atoms with van der Waals surface area (Å²) in [4.78, 5) is 2.35. The van der Waals surface area contributed by atoms with E-state index in [1.807, 2.05) is 12.1 Å². The van der Waals surface area contributed by atoms with Crippen LogP contribution in [0.25, 0.3) is 93.3 Å². The third-order valence-corrected chi connectivity index (χ3v) is 11.4. The van der Waals surface area contributed by atoms with Crippen LogP contribution in [0.3, 0.4) is 0 Å². The van der Waals surface area contributed by atoms with Gasteiger partial charge >= 0.3 is 0 Å². The molecule has 0 atom stereocenters. The van der Waals surface area contributed by atoms with Crippen molar-refractivity contribution in [2.24, 2.45) is 0 Å². The molecular weight excluding hydrogens is 685 g/mol. The number of fused-ring (bicyclic) bond motifs is 11. The molecule has 0 aliphatic heterocycles. The quantitative estimate of drug-likeness (QED) is 0.178. The highest BCUT2D eigenvalue weighted by atomic mass is 16.3. The minimum atomic E-state index is 0.845. The van der Waals surface area contributed by atoms with Crippen molar-refractivity contribution >= 4 is 93.5 Å². The number of hydrogen-bond donors (Lipinski definition) is 0. The van der Waals surface area contributed by atoms with Crippen molar-refractivity contribution in [1.82, 2.24) is 4.57 Å². The van der Waals surface area contributed by atoms with Crippen molar-refractivity contribution in [3.05, 3.63) is 194 Å². The molecule has 0 N–H and O–H groups in total. The first-order valence-corrected chi connectivity index (χ1v) is 19.0. The summed E-state index contributed by atoms with van der Waals surface area (Å²) in [6.45, 7) is 0. The third-order valence-electron chi connectivity index (χ3n) is 11.4. The van der Waals surface area contributed by atoms with E-state index in [1.165, 1.54) is 27.2 Å². The van der Waals surface area contributed by atoms with Gasteiger partial charge in [-0.2, -0.15) is 0 Å². The lowest BCUT2D eigenvalue weighted by atomic mass is 9.99. The molecule has 0 saturated carbocycles. The standard InChI is InChI=1S/C52H32N2O2/c1-2-14-38-33(12-1)24-30-43-44-32-34(25-31-50(44)55-51(38)43)37-13-3-7-19-45(37)54(48-22-11-18-42-41-17-6-10-23-49(41)56-52(42)48)36-28-26-35(27-29-36)53-46-20-8-4-15-39(46)40-16-5-9-21-47(40)53/h1-32H. The van der Waals surface area contributed by atoms with Gasteiger partial charge in [0.15, 0.2) is 5.58 Å². The summed E-state index contributed by atoms with van der Waals surface area (Å²) < 4.78 is 15.6. The zero-order valence-electron chi connectivity index (χ0n) is 30.2. The Kier molecular flexibility index (Phi) is 6.60. The fourth-order valence-corrected chi connectivity index (χ4v) is 8.85. The third kappa shape index (κ3) is 4.53. The van der Waals surface area contributed by atoms with Gasteiger partial charge in [-0.25, -0.2) is 0 Å². The molecular formula is C52H32N2O2. The molecule has 0 aliphatic rings. The van der Waals surface area contributed by atoms with Crippen molar-refractivity contribution in [2.75, 3.05) is 4.90 Å². The number of para-hydroxylation sites is 5. The smallest absolute Gasteiger partial charge is 0.159 e. The molecule has 4 nitrogen and oxygen atoms in total. The van der Waals surface area contributed by atoms with E-state index in [9.17, 15) is 0 Å². The highest BCUT2D eigenvalue weighted by Crippen LogP contribution is 2.46. The van der Waals surface area contributed by atoms with Crippen molar-refractivity contribution in [3.63, 3.8) is 0 Å². The lowest BCUT2D eigenvalue weighted by Gasteiger charge is -2.28. The Labute approximate surface area is 321 Å². The van der Waals surface area contributed by atoms with Crippen LogP contribution in [-0.2, 0) is 0 Å². The number of aromatic nitrogens is 1. The monoisotopic (exact) mass is 716 g/mol. The number of anilines is 3. The van der Waals surface area contributed by atoms with Crippen molar-refractivity contribution in [1.29, 1.82) is 0 Å². The average molecular weight is 717 g/mol. The van der Waals surface area contributed by atoms with Crippen LogP contribution >= 0.6 is 0 Å². The molecule has 12 rings (SSSR count). The van der Waals surface area contributed by atoms with E-state index in [0.29, 0.717) is 0 Å². The Hall–Kier alpha value is -7.56. The van der Waals surface area contributed by atoms with Crippen LogP contribution in [0.2, 0.25) is 0 Å². The summed E-state index contributed by atoms with van der Waals surface area (Å²) >= 11 is 0. The molecule has 0 amide bonds. The minimum absolute atomic E-state index is 0.845. The summed E-state index contributed by atoms with van der Waals surface area (Å²) in [5.41, 5.74) is 12.2. The van der Waals surface area contributed by atoms with Crippen LogP contribution in [0.4, 0.5) is 17.1 Å². The van der Waals surface area contributed by atoms with Gasteiger partial charge in [-0.05, 0) is 83.7 Å². The van der Waals surface area contributed by atoms with E-state index in [0.717, 1.165) is 83.1 Å². The maximum absolute atomic E-state index is 6.70. The largest absolute Gasteiger partial charge is 0.455 e. The van der Waals surface area contributed by atoms with Gasteiger partial charge in [0.25, 0.3) is 0 Å². The molecule has 0 radical (unpaired) electrons. The van der Waals surface area contributed by atoms with Crippen molar-refractivity contribution < 1.29 is 8.83 Å². The van der Waals surface area contributed by atoms with Gasteiger partial charge < -0.3 is 18.3 Å². The van der Waals surface area contributed by atoms with E-state index >= 15 is 0 Å². The molecule has 3 heterocycles. The van der Waals surface area contributed by atoms with Crippen LogP contribution in [0.15, 0.2) is 203 Å². The summed E-state index contributed by atoms with van der Waals surface area (Å²) in [5, 5.41) is 9.18. The Morgan fingerprint density at radius 2 is 0.982 bits per heavy atom. The number of furan rings is 2. The second kappa shape index (κ2) is 12.0. The maximum atomic E-state index is 6.70. The Morgan fingerprint density at radius 3 is 1.80 bits per heavy atom. The second-order valence-corrected chi connectivity index (χ2v) is 14.5. The van der Waals surface area contributed by atoms with Gasteiger partial charge in [0.1, 0.15) is 16.7 Å². The normalized spacial score (nSPS) is 11.9.